The minimum absolute atomic E-state index is 0.0361. The van der Waals surface area contributed by atoms with Crippen LogP contribution in [0.2, 0.25) is 0 Å². The molecule has 1 aromatic rings. The van der Waals surface area contributed by atoms with E-state index >= 15 is 0 Å². The number of halogens is 1. The molecule has 1 aromatic carbocycles. The maximum Gasteiger partial charge on any atom is 0.330 e. The number of aliphatic carboxylic acids is 1. The summed E-state index contributed by atoms with van der Waals surface area (Å²) in [5.41, 5.74) is -0.690. The first-order valence-corrected chi connectivity index (χ1v) is 5.27. The van der Waals surface area contributed by atoms with E-state index in [9.17, 15) is 24.8 Å². The van der Waals surface area contributed by atoms with Crippen molar-refractivity contribution in [2.75, 3.05) is 0 Å². The fraction of sp³-hybridized carbons (Fsp3) is 0.111. The number of nitrogens with one attached hydrogen (secondary N) is 1. The van der Waals surface area contributed by atoms with E-state index in [0.717, 1.165) is 6.07 Å². The molecule has 0 spiro atoms. The fourth-order valence-corrected chi connectivity index (χ4v) is 1.76. The van der Waals surface area contributed by atoms with Crippen molar-refractivity contribution < 1.29 is 24.7 Å². The lowest BCUT2D eigenvalue weighted by Crippen LogP contribution is -2.27. The Morgan fingerprint density at radius 3 is 2.61 bits per heavy atom. The molecule has 0 saturated carbocycles. The van der Waals surface area contributed by atoms with Gasteiger partial charge in [-0.3, -0.25) is 14.9 Å². The first-order chi connectivity index (χ1) is 8.38. The second-order valence-corrected chi connectivity index (χ2v) is 4.04. The maximum atomic E-state index is 10.9. The molecule has 18 heavy (non-hydrogen) atoms. The number of carbonyl (C=O) groups excluding carboxylic acids is 1. The molecular weight excluding hydrogens is 312 g/mol. The molecule has 9 heteroatoms. The largest absolute Gasteiger partial charge is 0.501 e. The van der Waals surface area contributed by atoms with Crippen molar-refractivity contribution in [1.82, 2.24) is 5.32 Å². The monoisotopic (exact) mass is 318 g/mol. The number of amides is 1. The lowest BCUT2D eigenvalue weighted by Gasteiger charge is -2.12. The van der Waals surface area contributed by atoms with Gasteiger partial charge in [0.1, 0.15) is 0 Å². The summed E-state index contributed by atoms with van der Waals surface area (Å²) in [5, 5.41) is 31.0. The van der Waals surface area contributed by atoms with Crippen LogP contribution in [-0.2, 0) is 9.59 Å². The van der Waals surface area contributed by atoms with Gasteiger partial charge in [0.05, 0.1) is 9.40 Å². The molecule has 3 N–H and O–H groups in total. The molecule has 1 unspecified atom stereocenters. The number of nitro benzene ring substituents is 1. The quantitative estimate of drug-likeness (QED) is 0.420. The van der Waals surface area contributed by atoms with Gasteiger partial charge in [-0.15, -0.1) is 0 Å². The minimum atomic E-state index is -1.43. The van der Waals surface area contributed by atoms with Crippen LogP contribution < -0.4 is 5.32 Å². The highest BCUT2D eigenvalue weighted by Crippen LogP contribution is 2.36. The van der Waals surface area contributed by atoms with Crippen LogP contribution in [0, 0.1) is 10.1 Å². The predicted octanol–water partition coefficient (Wildman–Crippen LogP) is 0.935. The van der Waals surface area contributed by atoms with Crippen molar-refractivity contribution in [2.24, 2.45) is 0 Å². The number of hydrogen-bond acceptors (Lipinski definition) is 5. The van der Waals surface area contributed by atoms with Crippen LogP contribution in [0.5, 0.6) is 5.75 Å². The lowest BCUT2D eigenvalue weighted by molar-refractivity contribution is -0.386. The predicted molar refractivity (Wildman–Crippen MR) is 62.0 cm³/mol. The smallest absolute Gasteiger partial charge is 0.330 e. The number of nitrogens with zero attached hydrogens (tertiary/aromatic N) is 1. The highest BCUT2D eigenvalue weighted by atomic mass is 79.9. The number of carbonyl (C=O) groups is 2. The molecule has 1 amide bonds. The molecule has 0 radical (unpaired) electrons. The normalized spacial score (nSPS) is 11.6. The third-order valence-corrected chi connectivity index (χ3v) is 2.68. The molecule has 96 valence electrons. The number of nitro groups is 1. The van der Waals surface area contributed by atoms with E-state index in [1.165, 1.54) is 6.07 Å². The Balaban J connectivity index is 3.36. The van der Waals surface area contributed by atoms with Crippen LogP contribution in [0.4, 0.5) is 5.69 Å². The van der Waals surface area contributed by atoms with Crippen molar-refractivity contribution in [3.8, 4) is 5.75 Å². The number of benzene rings is 1. The number of rotatable bonds is 5. The standard InChI is InChI=1S/C9H7BrN2O6/c10-5-1-4(7(9(15)16)11-3-13)2-6(8(5)14)12(17)18/h1-3,7,14H,(H,11,13)(H,15,16). The second kappa shape index (κ2) is 5.45. The van der Waals surface area contributed by atoms with E-state index < -0.39 is 28.4 Å². The molecule has 0 aromatic heterocycles. The summed E-state index contributed by atoms with van der Waals surface area (Å²) < 4.78 is -0.0364. The maximum absolute atomic E-state index is 10.9. The molecule has 0 aliphatic heterocycles. The van der Waals surface area contributed by atoms with Gasteiger partial charge in [0.2, 0.25) is 12.2 Å². The summed E-state index contributed by atoms with van der Waals surface area (Å²) >= 11 is 2.87. The Morgan fingerprint density at radius 2 is 2.17 bits per heavy atom. The number of hydrogen-bond donors (Lipinski definition) is 3. The number of phenolic OH excluding ortho intramolecular Hbond substituents is 1. The molecule has 0 heterocycles. The number of aromatic hydroxyl groups is 1. The molecule has 8 nitrogen and oxygen atoms in total. The van der Waals surface area contributed by atoms with Gasteiger partial charge in [0.15, 0.2) is 6.04 Å². The van der Waals surface area contributed by atoms with E-state index in [1.54, 1.807) is 0 Å². The van der Waals surface area contributed by atoms with Gasteiger partial charge in [-0.25, -0.2) is 4.79 Å². The van der Waals surface area contributed by atoms with E-state index in [0.29, 0.717) is 0 Å². The Bertz CT molecular complexity index is 518. The van der Waals surface area contributed by atoms with Crippen LogP contribution >= 0.6 is 15.9 Å². The third kappa shape index (κ3) is 2.74. The van der Waals surface area contributed by atoms with Gasteiger partial charge >= 0.3 is 11.7 Å². The molecule has 0 fully saturated rings. The van der Waals surface area contributed by atoms with E-state index in [-0.39, 0.29) is 16.4 Å². The average Bonchev–Trinajstić information content (AvgIpc) is 2.28. The van der Waals surface area contributed by atoms with Gasteiger partial charge in [-0.2, -0.15) is 0 Å². The zero-order valence-corrected chi connectivity index (χ0v) is 10.2. The Morgan fingerprint density at radius 1 is 1.56 bits per heavy atom. The second-order valence-electron chi connectivity index (χ2n) is 3.18. The number of carboxylic acid groups (broad SMARTS) is 1. The first kappa shape index (κ1) is 13.9. The van der Waals surface area contributed by atoms with Crippen molar-refractivity contribution >= 4 is 34.0 Å². The summed E-state index contributed by atoms with van der Waals surface area (Å²) in [6.07, 6.45) is 0.172. The van der Waals surface area contributed by atoms with Crippen molar-refractivity contribution in [3.05, 3.63) is 32.3 Å². The van der Waals surface area contributed by atoms with Crippen LogP contribution in [0.25, 0.3) is 0 Å². The van der Waals surface area contributed by atoms with E-state index in [1.807, 2.05) is 5.32 Å². The minimum Gasteiger partial charge on any atom is -0.501 e. The van der Waals surface area contributed by atoms with Crippen LogP contribution in [0.1, 0.15) is 11.6 Å². The van der Waals surface area contributed by atoms with Gasteiger partial charge in [-0.1, -0.05) is 0 Å². The molecule has 1 atom stereocenters. The molecule has 0 saturated heterocycles. The Hall–Kier alpha value is -2.16. The lowest BCUT2D eigenvalue weighted by atomic mass is 10.1. The van der Waals surface area contributed by atoms with Gasteiger partial charge in [-0.05, 0) is 27.6 Å². The zero-order chi connectivity index (χ0) is 13.9. The van der Waals surface area contributed by atoms with E-state index in [2.05, 4.69) is 15.9 Å². The van der Waals surface area contributed by atoms with Crippen LogP contribution in [0.3, 0.4) is 0 Å². The SMILES string of the molecule is O=CNC(C(=O)O)c1cc(Br)c(O)c([N+](=O)[O-])c1. The Labute approximate surface area is 109 Å². The molecule has 0 aliphatic carbocycles. The number of carboxylic acids is 1. The topological polar surface area (TPSA) is 130 Å². The summed E-state index contributed by atoms with van der Waals surface area (Å²) in [4.78, 5) is 31.0. The van der Waals surface area contributed by atoms with E-state index in [4.69, 9.17) is 5.11 Å². The van der Waals surface area contributed by atoms with Crippen molar-refractivity contribution in [3.63, 3.8) is 0 Å². The van der Waals surface area contributed by atoms with Gasteiger partial charge < -0.3 is 15.5 Å². The van der Waals surface area contributed by atoms with Crippen LogP contribution in [0.15, 0.2) is 16.6 Å². The van der Waals surface area contributed by atoms with Gasteiger partial charge in [0, 0.05) is 6.07 Å². The first-order valence-electron chi connectivity index (χ1n) is 4.47. The Kier molecular flexibility index (Phi) is 4.21. The molecular formula is C9H7BrN2O6. The highest BCUT2D eigenvalue weighted by Gasteiger charge is 2.25. The summed E-state index contributed by atoms with van der Waals surface area (Å²) in [6.45, 7) is 0. The fourth-order valence-electron chi connectivity index (χ4n) is 1.29. The molecule has 1 rings (SSSR count). The number of phenols is 1. The summed E-state index contributed by atoms with van der Waals surface area (Å²) in [7, 11) is 0. The van der Waals surface area contributed by atoms with Gasteiger partial charge in [0.25, 0.3) is 0 Å². The van der Waals surface area contributed by atoms with Crippen LogP contribution in [-0.4, -0.2) is 27.5 Å². The summed E-state index contributed by atoms with van der Waals surface area (Å²) in [5.74, 6) is -1.99. The van der Waals surface area contributed by atoms with Crippen molar-refractivity contribution in [2.45, 2.75) is 6.04 Å². The average molecular weight is 319 g/mol. The third-order valence-electron chi connectivity index (χ3n) is 2.08. The highest BCUT2D eigenvalue weighted by molar-refractivity contribution is 9.10. The summed E-state index contributed by atoms with van der Waals surface area (Å²) in [6, 6.07) is 0.630. The zero-order valence-electron chi connectivity index (χ0n) is 8.66. The van der Waals surface area contributed by atoms with Crippen molar-refractivity contribution in [1.29, 1.82) is 0 Å². The molecule has 0 bridgehead atoms. The molecule has 0 aliphatic rings.